The standard InChI is InChI=1S/C20H18N4/c1-13-6-8-14(9-7-13)17-11-22-20-18(17)19(23-12-24-20)15-4-3-5-16(10-15)21-2/h3-12,21H,1-2H3,(H,22,23,24). The van der Waals surface area contributed by atoms with E-state index in [1.165, 1.54) is 5.56 Å². The van der Waals surface area contributed by atoms with Crippen molar-refractivity contribution in [3.8, 4) is 22.4 Å². The molecule has 2 aromatic heterocycles. The van der Waals surface area contributed by atoms with E-state index < -0.39 is 0 Å². The lowest BCUT2D eigenvalue weighted by Crippen LogP contribution is -1.91. The number of nitrogens with one attached hydrogen (secondary N) is 2. The zero-order valence-electron chi connectivity index (χ0n) is 13.7. The van der Waals surface area contributed by atoms with Gasteiger partial charge in [-0.15, -0.1) is 0 Å². The van der Waals surface area contributed by atoms with Gasteiger partial charge < -0.3 is 10.3 Å². The van der Waals surface area contributed by atoms with Gasteiger partial charge in [-0.1, -0.05) is 42.0 Å². The van der Waals surface area contributed by atoms with Crippen molar-refractivity contribution in [3.63, 3.8) is 0 Å². The normalized spacial score (nSPS) is 10.9. The number of rotatable bonds is 3. The SMILES string of the molecule is CNc1cccc(-c2ncnc3[nH]cc(-c4ccc(C)cc4)c23)c1. The van der Waals surface area contributed by atoms with Gasteiger partial charge in [-0.3, -0.25) is 0 Å². The van der Waals surface area contributed by atoms with Crippen molar-refractivity contribution in [2.75, 3.05) is 12.4 Å². The molecular formula is C20H18N4. The molecule has 0 saturated carbocycles. The van der Waals surface area contributed by atoms with Gasteiger partial charge in [-0.2, -0.15) is 0 Å². The Morgan fingerprint density at radius 3 is 2.58 bits per heavy atom. The first-order valence-electron chi connectivity index (χ1n) is 7.93. The number of aryl methyl sites for hydroxylation is 1. The van der Waals surface area contributed by atoms with Crippen LogP contribution in [-0.4, -0.2) is 22.0 Å². The first-order valence-corrected chi connectivity index (χ1v) is 7.93. The molecule has 0 amide bonds. The summed E-state index contributed by atoms with van der Waals surface area (Å²) in [6.07, 6.45) is 3.62. The highest BCUT2D eigenvalue weighted by molar-refractivity contribution is 6.02. The molecule has 0 aliphatic heterocycles. The van der Waals surface area contributed by atoms with Crippen LogP contribution < -0.4 is 5.32 Å². The number of aromatic nitrogens is 3. The second-order valence-corrected chi connectivity index (χ2v) is 5.85. The van der Waals surface area contributed by atoms with Crippen LogP contribution in [0.3, 0.4) is 0 Å². The molecule has 0 spiro atoms. The van der Waals surface area contributed by atoms with E-state index in [9.17, 15) is 0 Å². The predicted octanol–water partition coefficient (Wildman–Crippen LogP) is 4.64. The van der Waals surface area contributed by atoms with E-state index in [1.54, 1.807) is 6.33 Å². The molecule has 0 radical (unpaired) electrons. The van der Waals surface area contributed by atoms with Gasteiger partial charge in [-0.05, 0) is 24.6 Å². The summed E-state index contributed by atoms with van der Waals surface area (Å²) >= 11 is 0. The van der Waals surface area contributed by atoms with Gasteiger partial charge in [0.1, 0.15) is 12.0 Å². The van der Waals surface area contributed by atoms with Crippen molar-refractivity contribution in [1.82, 2.24) is 15.0 Å². The summed E-state index contributed by atoms with van der Waals surface area (Å²) in [4.78, 5) is 12.2. The lowest BCUT2D eigenvalue weighted by molar-refractivity contribution is 1.20. The predicted molar refractivity (Wildman–Crippen MR) is 99.0 cm³/mol. The number of benzene rings is 2. The Kier molecular flexibility index (Phi) is 3.50. The molecule has 0 bridgehead atoms. The van der Waals surface area contributed by atoms with Crippen molar-refractivity contribution < 1.29 is 0 Å². The van der Waals surface area contributed by atoms with Crippen LogP contribution in [-0.2, 0) is 0 Å². The number of aromatic amines is 1. The average Bonchev–Trinajstić information content (AvgIpc) is 3.06. The highest BCUT2D eigenvalue weighted by atomic mass is 14.9. The largest absolute Gasteiger partial charge is 0.388 e. The number of anilines is 1. The summed E-state index contributed by atoms with van der Waals surface area (Å²) < 4.78 is 0. The first-order chi connectivity index (χ1) is 11.8. The fourth-order valence-corrected chi connectivity index (χ4v) is 2.96. The van der Waals surface area contributed by atoms with Crippen molar-refractivity contribution in [3.05, 3.63) is 66.6 Å². The number of H-pyrrole nitrogens is 1. The zero-order valence-corrected chi connectivity index (χ0v) is 13.7. The monoisotopic (exact) mass is 314 g/mol. The number of nitrogens with zero attached hydrogens (tertiary/aromatic N) is 2. The molecule has 118 valence electrons. The van der Waals surface area contributed by atoms with Gasteiger partial charge >= 0.3 is 0 Å². The molecule has 4 aromatic rings. The van der Waals surface area contributed by atoms with E-state index in [1.807, 2.05) is 25.4 Å². The van der Waals surface area contributed by atoms with Crippen LogP contribution in [0.5, 0.6) is 0 Å². The quantitative estimate of drug-likeness (QED) is 0.579. The minimum atomic E-state index is 0.852. The van der Waals surface area contributed by atoms with Gasteiger partial charge in [0, 0.05) is 30.1 Å². The minimum absolute atomic E-state index is 0.852. The molecule has 0 fully saturated rings. The van der Waals surface area contributed by atoms with Gasteiger partial charge in [-0.25, -0.2) is 9.97 Å². The highest BCUT2D eigenvalue weighted by Gasteiger charge is 2.14. The summed E-state index contributed by atoms with van der Waals surface area (Å²) in [6, 6.07) is 16.8. The van der Waals surface area contributed by atoms with E-state index in [0.29, 0.717) is 0 Å². The van der Waals surface area contributed by atoms with Crippen LogP contribution >= 0.6 is 0 Å². The van der Waals surface area contributed by atoms with Crippen LogP contribution in [0.25, 0.3) is 33.4 Å². The maximum Gasteiger partial charge on any atom is 0.141 e. The molecule has 0 aliphatic carbocycles. The van der Waals surface area contributed by atoms with Crippen molar-refractivity contribution in [2.24, 2.45) is 0 Å². The highest BCUT2D eigenvalue weighted by Crippen LogP contribution is 2.34. The zero-order chi connectivity index (χ0) is 16.5. The summed E-state index contributed by atoms with van der Waals surface area (Å²) in [5.41, 5.74) is 7.45. The molecule has 4 nitrogen and oxygen atoms in total. The van der Waals surface area contributed by atoms with Gasteiger partial charge in [0.25, 0.3) is 0 Å². The molecule has 24 heavy (non-hydrogen) atoms. The molecule has 0 atom stereocenters. The third-order valence-electron chi connectivity index (χ3n) is 4.26. The van der Waals surface area contributed by atoms with Crippen molar-refractivity contribution in [2.45, 2.75) is 6.92 Å². The third-order valence-corrected chi connectivity index (χ3v) is 4.26. The molecule has 0 aliphatic rings. The average molecular weight is 314 g/mol. The smallest absolute Gasteiger partial charge is 0.141 e. The molecule has 0 unspecified atom stereocenters. The van der Waals surface area contributed by atoms with Gasteiger partial charge in [0.05, 0.1) is 11.1 Å². The maximum absolute atomic E-state index is 4.57. The van der Waals surface area contributed by atoms with E-state index in [4.69, 9.17) is 0 Å². The van der Waals surface area contributed by atoms with Crippen molar-refractivity contribution >= 4 is 16.7 Å². The summed E-state index contributed by atoms with van der Waals surface area (Å²) in [5.74, 6) is 0. The minimum Gasteiger partial charge on any atom is -0.388 e. The lowest BCUT2D eigenvalue weighted by Gasteiger charge is -2.07. The summed E-state index contributed by atoms with van der Waals surface area (Å²) in [7, 11) is 1.92. The Labute approximate surface area is 140 Å². The van der Waals surface area contributed by atoms with Gasteiger partial charge in [0.15, 0.2) is 0 Å². The molecule has 4 rings (SSSR count). The molecular weight excluding hydrogens is 296 g/mol. The van der Waals surface area contributed by atoms with Crippen LogP contribution in [0, 0.1) is 6.92 Å². The van der Waals surface area contributed by atoms with Crippen LogP contribution in [0.2, 0.25) is 0 Å². The Balaban J connectivity index is 1.96. The molecule has 2 aromatic carbocycles. The second kappa shape index (κ2) is 5.81. The van der Waals surface area contributed by atoms with Crippen LogP contribution in [0.15, 0.2) is 61.1 Å². The maximum atomic E-state index is 4.57. The Hall–Kier alpha value is -3.14. The third kappa shape index (κ3) is 2.42. The fraction of sp³-hybridized carbons (Fsp3) is 0.100. The molecule has 2 N–H and O–H groups in total. The second-order valence-electron chi connectivity index (χ2n) is 5.85. The molecule has 2 heterocycles. The van der Waals surface area contributed by atoms with Crippen molar-refractivity contribution in [1.29, 1.82) is 0 Å². The van der Waals surface area contributed by atoms with Crippen LogP contribution in [0.1, 0.15) is 5.56 Å². The summed E-state index contributed by atoms with van der Waals surface area (Å²) in [5, 5.41) is 4.23. The number of hydrogen-bond donors (Lipinski definition) is 2. The number of fused-ring (bicyclic) bond motifs is 1. The van der Waals surface area contributed by atoms with Crippen LogP contribution in [0.4, 0.5) is 5.69 Å². The molecule has 4 heteroatoms. The first kappa shape index (κ1) is 14.5. The van der Waals surface area contributed by atoms with E-state index in [2.05, 4.69) is 63.6 Å². The topological polar surface area (TPSA) is 53.6 Å². The fourth-order valence-electron chi connectivity index (χ4n) is 2.96. The number of hydrogen-bond acceptors (Lipinski definition) is 3. The Morgan fingerprint density at radius 2 is 1.79 bits per heavy atom. The Morgan fingerprint density at radius 1 is 0.958 bits per heavy atom. The lowest BCUT2D eigenvalue weighted by atomic mass is 10.0. The Bertz CT molecular complexity index is 1000. The van der Waals surface area contributed by atoms with Gasteiger partial charge in [0.2, 0.25) is 0 Å². The van der Waals surface area contributed by atoms with E-state index in [0.717, 1.165) is 39.1 Å². The summed E-state index contributed by atoms with van der Waals surface area (Å²) in [6.45, 7) is 2.09. The van der Waals surface area contributed by atoms with E-state index >= 15 is 0 Å². The molecule has 0 saturated heterocycles. The van der Waals surface area contributed by atoms with E-state index in [-0.39, 0.29) is 0 Å².